The van der Waals surface area contributed by atoms with Gasteiger partial charge in [-0.25, -0.2) is 0 Å². The first-order valence-electron chi connectivity index (χ1n) is 7.35. The lowest BCUT2D eigenvalue weighted by Gasteiger charge is -1.95. The fourth-order valence-corrected chi connectivity index (χ4v) is 4.60. The molecule has 0 amide bonds. The summed E-state index contributed by atoms with van der Waals surface area (Å²) in [5.41, 5.74) is 0. The van der Waals surface area contributed by atoms with E-state index in [-0.39, 0.29) is 0 Å². The van der Waals surface area contributed by atoms with E-state index >= 15 is 0 Å². The number of rotatable bonds is 0. The van der Waals surface area contributed by atoms with Crippen LogP contribution in [-0.4, -0.2) is 34.5 Å². The molecule has 0 atom stereocenters. The summed E-state index contributed by atoms with van der Waals surface area (Å²) in [5, 5.41) is 4.35. The van der Waals surface area contributed by atoms with Crippen LogP contribution in [0.1, 0.15) is 0 Å². The summed E-state index contributed by atoms with van der Waals surface area (Å²) < 4.78 is 0. The molecule has 0 aromatic carbocycles. The molecule has 22 heavy (non-hydrogen) atoms. The van der Waals surface area contributed by atoms with E-state index < -0.39 is 0 Å². The second kappa shape index (κ2) is 17.2. The van der Waals surface area contributed by atoms with Crippen molar-refractivity contribution in [1.29, 1.82) is 0 Å². The second-order valence-electron chi connectivity index (χ2n) is 4.17. The standard InChI is InChI=1S/C18H24S4/c1-3-7-11-19-15-17-21-13-9-5-2-6-10-14-22-18-16-20-12-8-4-1/h1-11,14H,12-13,15-18H2. The molecule has 0 fully saturated rings. The molecule has 0 bridgehead atoms. The van der Waals surface area contributed by atoms with E-state index in [1.54, 1.807) is 0 Å². The number of thioether (sulfide) groups is 4. The first kappa shape index (κ1) is 19.9. The zero-order valence-electron chi connectivity index (χ0n) is 12.8. The van der Waals surface area contributed by atoms with Crippen LogP contribution in [0.4, 0.5) is 0 Å². The summed E-state index contributed by atoms with van der Waals surface area (Å²) in [4.78, 5) is 0. The normalized spacial score (nSPS) is 19.6. The Morgan fingerprint density at radius 2 is 0.909 bits per heavy atom. The topological polar surface area (TPSA) is 0 Å². The molecule has 4 heteroatoms. The van der Waals surface area contributed by atoms with E-state index in [1.807, 2.05) is 47.0 Å². The summed E-state index contributed by atoms with van der Waals surface area (Å²) in [6.07, 6.45) is 21.4. The lowest BCUT2D eigenvalue weighted by atomic mass is 10.4. The summed E-state index contributed by atoms with van der Waals surface area (Å²) in [6, 6.07) is 0. The third-order valence-corrected chi connectivity index (χ3v) is 6.35. The highest BCUT2D eigenvalue weighted by Crippen LogP contribution is 2.09. The molecule has 0 saturated carbocycles. The van der Waals surface area contributed by atoms with Crippen LogP contribution in [-0.2, 0) is 0 Å². The molecule has 120 valence electrons. The van der Waals surface area contributed by atoms with Gasteiger partial charge < -0.3 is 0 Å². The molecule has 0 aromatic heterocycles. The Morgan fingerprint density at radius 1 is 0.455 bits per heavy atom. The predicted molar refractivity (Wildman–Crippen MR) is 114 cm³/mol. The van der Waals surface area contributed by atoms with Gasteiger partial charge in [0.05, 0.1) is 0 Å². The van der Waals surface area contributed by atoms with E-state index in [0.29, 0.717) is 0 Å². The quantitative estimate of drug-likeness (QED) is 0.500. The molecule has 0 nitrogen and oxygen atoms in total. The van der Waals surface area contributed by atoms with Gasteiger partial charge in [-0.3, -0.25) is 0 Å². The highest BCUT2D eigenvalue weighted by atomic mass is 32.2. The third kappa shape index (κ3) is 14.8. The van der Waals surface area contributed by atoms with Gasteiger partial charge in [0.1, 0.15) is 0 Å². The van der Waals surface area contributed by atoms with E-state index in [0.717, 1.165) is 11.5 Å². The third-order valence-electron chi connectivity index (χ3n) is 2.41. The van der Waals surface area contributed by atoms with Crippen molar-refractivity contribution in [3.05, 3.63) is 71.6 Å². The fraction of sp³-hybridized carbons (Fsp3) is 0.333. The molecule has 0 aliphatic carbocycles. The van der Waals surface area contributed by atoms with Crippen LogP contribution in [0.3, 0.4) is 0 Å². The van der Waals surface area contributed by atoms with Gasteiger partial charge in [-0.1, -0.05) is 60.8 Å². The minimum atomic E-state index is 1.09. The summed E-state index contributed by atoms with van der Waals surface area (Å²) in [5.74, 6) is 6.92. The Bertz CT molecular complexity index is 341. The van der Waals surface area contributed by atoms with Crippen molar-refractivity contribution in [2.75, 3.05) is 34.5 Å². The van der Waals surface area contributed by atoms with Crippen molar-refractivity contribution >= 4 is 47.0 Å². The molecule has 1 rings (SSSR count). The van der Waals surface area contributed by atoms with Crippen LogP contribution in [0.2, 0.25) is 0 Å². The fourth-order valence-electron chi connectivity index (χ4n) is 1.38. The second-order valence-corrected chi connectivity index (χ2v) is 8.50. The van der Waals surface area contributed by atoms with Gasteiger partial charge in [-0.05, 0) is 10.8 Å². The first-order chi connectivity index (χ1) is 11.0. The average molecular weight is 369 g/mol. The SMILES string of the molecule is C1=CC=CSCCSCC=CC=CC=CSCCSCC=C1. The van der Waals surface area contributed by atoms with E-state index in [1.165, 1.54) is 23.0 Å². The minimum Gasteiger partial charge on any atom is -0.157 e. The summed E-state index contributed by atoms with van der Waals surface area (Å²) >= 11 is 7.71. The Labute approximate surface area is 152 Å². The molecule has 1 aliphatic heterocycles. The van der Waals surface area contributed by atoms with Crippen molar-refractivity contribution in [2.45, 2.75) is 0 Å². The minimum absolute atomic E-state index is 1.09. The molecule has 0 radical (unpaired) electrons. The van der Waals surface area contributed by atoms with Gasteiger partial charge in [-0.2, -0.15) is 23.5 Å². The van der Waals surface area contributed by atoms with Crippen LogP contribution in [0.5, 0.6) is 0 Å². The van der Waals surface area contributed by atoms with Gasteiger partial charge in [0.2, 0.25) is 0 Å². The maximum atomic E-state index is 2.22. The van der Waals surface area contributed by atoms with Gasteiger partial charge in [-0.15, -0.1) is 23.5 Å². The molecule has 0 saturated heterocycles. The summed E-state index contributed by atoms with van der Waals surface area (Å²) in [7, 11) is 0. The molecule has 1 aliphatic rings. The average Bonchev–Trinajstić information content (AvgIpc) is 2.53. The predicted octanol–water partition coefficient (Wildman–Crippen LogP) is 6.19. The van der Waals surface area contributed by atoms with E-state index in [9.17, 15) is 0 Å². The van der Waals surface area contributed by atoms with Crippen LogP contribution in [0.25, 0.3) is 0 Å². The van der Waals surface area contributed by atoms with Gasteiger partial charge in [0, 0.05) is 34.5 Å². The molecule has 1 heterocycles. The van der Waals surface area contributed by atoms with Crippen molar-refractivity contribution < 1.29 is 0 Å². The maximum absolute atomic E-state index is 2.22. The van der Waals surface area contributed by atoms with Crippen LogP contribution < -0.4 is 0 Å². The van der Waals surface area contributed by atoms with Gasteiger partial charge in [0.15, 0.2) is 0 Å². The highest BCUT2D eigenvalue weighted by molar-refractivity contribution is 8.05. The Morgan fingerprint density at radius 3 is 1.41 bits per heavy atom. The molecular formula is C18H24S4. The molecule has 0 aromatic rings. The Balaban J connectivity index is 2.32. The zero-order valence-corrected chi connectivity index (χ0v) is 16.1. The molecule has 0 unspecified atom stereocenters. The largest absolute Gasteiger partial charge is 0.157 e. The molecule has 0 N–H and O–H groups in total. The van der Waals surface area contributed by atoms with Gasteiger partial charge >= 0.3 is 0 Å². The smallest absolute Gasteiger partial charge is 0.0116 e. The zero-order chi connectivity index (χ0) is 15.6. The van der Waals surface area contributed by atoms with Crippen molar-refractivity contribution in [3.8, 4) is 0 Å². The van der Waals surface area contributed by atoms with E-state index in [4.69, 9.17) is 0 Å². The Kier molecular flexibility index (Phi) is 15.5. The van der Waals surface area contributed by atoms with Crippen LogP contribution in [0, 0.1) is 0 Å². The van der Waals surface area contributed by atoms with Crippen LogP contribution in [0.15, 0.2) is 71.6 Å². The maximum Gasteiger partial charge on any atom is 0.0116 e. The number of hydrogen-bond acceptors (Lipinski definition) is 4. The number of allylic oxidation sites excluding steroid dienone is 8. The van der Waals surface area contributed by atoms with Crippen LogP contribution >= 0.6 is 47.0 Å². The lowest BCUT2D eigenvalue weighted by Crippen LogP contribution is -1.82. The van der Waals surface area contributed by atoms with Gasteiger partial charge in [0.25, 0.3) is 0 Å². The molecule has 0 spiro atoms. The van der Waals surface area contributed by atoms with E-state index in [2.05, 4.69) is 71.6 Å². The molecular weight excluding hydrogens is 344 g/mol. The van der Waals surface area contributed by atoms with Crippen molar-refractivity contribution in [2.24, 2.45) is 0 Å². The van der Waals surface area contributed by atoms with Crippen molar-refractivity contribution in [1.82, 2.24) is 0 Å². The first-order valence-corrected chi connectivity index (χ1v) is 11.8. The van der Waals surface area contributed by atoms with Crippen molar-refractivity contribution in [3.63, 3.8) is 0 Å². The lowest BCUT2D eigenvalue weighted by molar-refractivity contribution is 1.54. The monoisotopic (exact) mass is 368 g/mol. The highest BCUT2D eigenvalue weighted by Gasteiger charge is 1.86. The Hall–Kier alpha value is -0.160. The number of hydrogen-bond donors (Lipinski definition) is 0. The summed E-state index contributed by atoms with van der Waals surface area (Å²) in [6.45, 7) is 0.